The van der Waals surface area contributed by atoms with Crippen LogP contribution in [0, 0.1) is 0 Å². The van der Waals surface area contributed by atoms with Crippen molar-refractivity contribution >= 4 is 39.1 Å². The molecule has 1 heterocycles. The van der Waals surface area contributed by atoms with Gasteiger partial charge < -0.3 is 4.90 Å². The molecule has 0 spiro atoms. The third kappa shape index (κ3) is 2.31. The molecule has 0 bridgehead atoms. The highest BCUT2D eigenvalue weighted by molar-refractivity contribution is 9.10. The number of fused-ring (bicyclic) bond motifs is 2. The van der Waals surface area contributed by atoms with E-state index in [1.54, 1.807) is 11.9 Å². The lowest BCUT2D eigenvalue weighted by Crippen LogP contribution is -2.16. The van der Waals surface area contributed by atoms with Crippen LogP contribution in [0.5, 0.6) is 0 Å². The average Bonchev–Trinajstić information content (AvgIpc) is 2.37. The number of nitrogens with zero attached hydrogens (tertiary/aromatic N) is 1. The number of anilines is 2. The summed E-state index contributed by atoms with van der Waals surface area (Å²) in [5, 5.41) is 0. The van der Waals surface area contributed by atoms with E-state index in [-0.39, 0.29) is 0 Å². The molecule has 6 heteroatoms. The summed E-state index contributed by atoms with van der Waals surface area (Å²) in [4.78, 5) is 3.64. The van der Waals surface area contributed by atoms with Gasteiger partial charge in [-0.3, -0.25) is 0 Å². The number of alkyl halides is 3. The van der Waals surface area contributed by atoms with Crippen molar-refractivity contribution < 1.29 is 13.2 Å². The number of hydrogen-bond donors (Lipinski definition) is 0. The van der Waals surface area contributed by atoms with Gasteiger partial charge in [-0.15, -0.1) is 0 Å². The average molecular weight is 360 g/mol. The van der Waals surface area contributed by atoms with Crippen LogP contribution in [0.15, 0.2) is 50.7 Å². The normalized spacial score (nSPS) is 13.9. The minimum Gasteiger partial charge on any atom is -0.343 e. The number of rotatable bonds is 0. The zero-order chi connectivity index (χ0) is 14.5. The van der Waals surface area contributed by atoms with Crippen LogP contribution in [-0.2, 0) is 6.18 Å². The molecule has 104 valence electrons. The standard InChI is InChI=1S/C14H9BrF3NS/c1-19-10-4-3-9(15)7-13(10)20-12-5-2-8(6-11(12)19)14(16,17)18/h2-7H,1H3. The molecule has 0 saturated heterocycles. The number of hydrogen-bond acceptors (Lipinski definition) is 2. The van der Waals surface area contributed by atoms with Gasteiger partial charge in [0.25, 0.3) is 0 Å². The minimum absolute atomic E-state index is 0.583. The SMILES string of the molecule is CN1c2ccc(Br)cc2Sc2ccc(C(F)(F)F)cc21. The molecule has 1 aliphatic heterocycles. The van der Waals surface area contributed by atoms with E-state index < -0.39 is 11.7 Å². The molecule has 0 unspecified atom stereocenters. The molecule has 0 fully saturated rings. The lowest BCUT2D eigenvalue weighted by atomic mass is 10.1. The van der Waals surface area contributed by atoms with Crippen LogP contribution in [0.3, 0.4) is 0 Å². The fourth-order valence-electron chi connectivity index (χ4n) is 2.14. The van der Waals surface area contributed by atoms with E-state index in [0.29, 0.717) is 5.69 Å². The van der Waals surface area contributed by atoms with Gasteiger partial charge in [0, 0.05) is 21.3 Å². The Morgan fingerprint density at radius 2 is 1.75 bits per heavy atom. The summed E-state index contributed by atoms with van der Waals surface area (Å²) in [5.74, 6) is 0. The first-order valence-electron chi connectivity index (χ1n) is 5.78. The fraction of sp³-hybridized carbons (Fsp3) is 0.143. The molecule has 2 aromatic carbocycles. The highest BCUT2D eigenvalue weighted by Gasteiger charge is 2.32. The highest BCUT2D eigenvalue weighted by atomic mass is 79.9. The van der Waals surface area contributed by atoms with E-state index in [9.17, 15) is 13.2 Å². The zero-order valence-corrected chi connectivity index (χ0v) is 12.7. The van der Waals surface area contributed by atoms with Crippen molar-refractivity contribution in [2.24, 2.45) is 0 Å². The van der Waals surface area contributed by atoms with Crippen molar-refractivity contribution in [1.82, 2.24) is 0 Å². The van der Waals surface area contributed by atoms with Gasteiger partial charge in [0.1, 0.15) is 0 Å². The molecule has 0 radical (unpaired) electrons. The van der Waals surface area contributed by atoms with Crippen molar-refractivity contribution in [3.63, 3.8) is 0 Å². The second-order valence-electron chi connectivity index (χ2n) is 4.45. The molecule has 0 atom stereocenters. The summed E-state index contributed by atoms with van der Waals surface area (Å²) in [6.07, 6.45) is -4.32. The second-order valence-corrected chi connectivity index (χ2v) is 6.45. The summed E-state index contributed by atoms with van der Waals surface area (Å²) in [7, 11) is 1.78. The molecule has 2 aromatic rings. The van der Waals surface area contributed by atoms with E-state index in [1.165, 1.54) is 23.9 Å². The summed E-state index contributed by atoms with van der Waals surface area (Å²) >= 11 is 4.89. The van der Waals surface area contributed by atoms with Crippen molar-refractivity contribution in [1.29, 1.82) is 0 Å². The Morgan fingerprint density at radius 3 is 2.45 bits per heavy atom. The Balaban J connectivity index is 2.11. The first-order valence-corrected chi connectivity index (χ1v) is 7.39. The zero-order valence-electron chi connectivity index (χ0n) is 10.3. The van der Waals surface area contributed by atoms with Crippen LogP contribution in [0.25, 0.3) is 0 Å². The topological polar surface area (TPSA) is 3.24 Å². The molecule has 0 aromatic heterocycles. The summed E-state index contributed by atoms with van der Waals surface area (Å²) in [6, 6.07) is 9.61. The second kappa shape index (κ2) is 4.70. The number of halogens is 4. The van der Waals surface area contributed by atoms with E-state index >= 15 is 0 Å². The summed E-state index contributed by atoms with van der Waals surface area (Å²) in [5.41, 5.74) is 0.869. The first-order chi connectivity index (χ1) is 9.36. The van der Waals surface area contributed by atoms with Crippen LogP contribution >= 0.6 is 27.7 Å². The van der Waals surface area contributed by atoms with Gasteiger partial charge in [-0.2, -0.15) is 13.2 Å². The van der Waals surface area contributed by atoms with Gasteiger partial charge in [-0.1, -0.05) is 27.7 Å². The molecule has 20 heavy (non-hydrogen) atoms. The van der Waals surface area contributed by atoms with Crippen molar-refractivity contribution in [3.05, 3.63) is 46.4 Å². The van der Waals surface area contributed by atoms with Crippen LogP contribution in [0.2, 0.25) is 0 Å². The maximum atomic E-state index is 12.8. The quantitative estimate of drug-likeness (QED) is 0.593. The van der Waals surface area contributed by atoms with Gasteiger partial charge in [0.15, 0.2) is 0 Å². The molecule has 0 saturated carbocycles. The Bertz CT molecular complexity index is 685. The molecular weight excluding hydrogens is 351 g/mol. The van der Waals surface area contributed by atoms with Crippen LogP contribution < -0.4 is 4.90 Å². The van der Waals surface area contributed by atoms with Crippen LogP contribution in [0.1, 0.15) is 5.56 Å². The smallest absolute Gasteiger partial charge is 0.343 e. The lowest BCUT2D eigenvalue weighted by Gasteiger charge is -2.30. The fourth-order valence-corrected chi connectivity index (χ4v) is 3.82. The molecular formula is C14H9BrF3NS. The maximum Gasteiger partial charge on any atom is 0.416 e. The monoisotopic (exact) mass is 359 g/mol. The summed E-state index contributed by atoms with van der Waals surface area (Å²) in [6.45, 7) is 0. The largest absolute Gasteiger partial charge is 0.416 e. The van der Waals surface area contributed by atoms with Crippen molar-refractivity contribution in [3.8, 4) is 0 Å². The van der Waals surface area contributed by atoms with Crippen LogP contribution in [0.4, 0.5) is 24.5 Å². The first kappa shape index (κ1) is 13.8. The molecule has 0 aliphatic carbocycles. The van der Waals surface area contributed by atoms with Crippen molar-refractivity contribution in [2.45, 2.75) is 16.0 Å². The van der Waals surface area contributed by atoms with Gasteiger partial charge in [-0.25, -0.2) is 0 Å². The van der Waals surface area contributed by atoms with E-state index in [0.717, 1.165) is 26.0 Å². The number of benzene rings is 2. The highest BCUT2D eigenvalue weighted by Crippen LogP contribution is 2.49. The Morgan fingerprint density at radius 1 is 1.00 bits per heavy atom. The Kier molecular flexibility index (Phi) is 3.25. The Labute approximate surface area is 126 Å². The summed E-state index contributed by atoms with van der Waals surface area (Å²) < 4.78 is 39.4. The van der Waals surface area contributed by atoms with Crippen LogP contribution in [-0.4, -0.2) is 7.05 Å². The molecule has 0 N–H and O–H groups in total. The van der Waals surface area contributed by atoms with E-state index in [1.807, 2.05) is 18.2 Å². The van der Waals surface area contributed by atoms with E-state index in [2.05, 4.69) is 15.9 Å². The lowest BCUT2D eigenvalue weighted by molar-refractivity contribution is -0.137. The van der Waals surface area contributed by atoms with Gasteiger partial charge >= 0.3 is 6.18 Å². The Hall–Kier alpha value is -1.14. The van der Waals surface area contributed by atoms with Crippen molar-refractivity contribution in [2.75, 3.05) is 11.9 Å². The van der Waals surface area contributed by atoms with Gasteiger partial charge in [0.2, 0.25) is 0 Å². The predicted molar refractivity (Wildman–Crippen MR) is 77.8 cm³/mol. The minimum atomic E-state index is -4.32. The third-order valence-electron chi connectivity index (χ3n) is 3.15. The predicted octanol–water partition coefficient (Wildman–Crippen LogP) is 5.70. The molecule has 3 rings (SSSR count). The van der Waals surface area contributed by atoms with E-state index in [4.69, 9.17) is 0 Å². The van der Waals surface area contributed by atoms with Gasteiger partial charge in [-0.05, 0) is 36.4 Å². The third-order valence-corrected chi connectivity index (χ3v) is 4.76. The van der Waals surface area contributed by atoms with Gasteiger partial charge in [0.05, 0.1) is 16.9 Å². The maximum absolute atomic E-state index is 12.8. The molecule has 1 aliphatic rings. The molecule has 1 nitrogen and oxygen atoms in total. The molecule has 0 amide bonds.